The van der Waals surface area contributed by atoms with E-state index in [1.165, 1.54) is 11.3 Å². The predicted octanol–water partition coefficient (Wildman–Crippen LogP) is 3.24. The largest absolute Gasteiger partial charge is 0.396 e. The summed E-state index contributed by atoms with van der Waals surface area (Å²) in [4.78, 5) is 12.7. The van der Waals surface area contributed by atoms with Crippen LogP contribution in [0.2, 0.25) is 5.02 Å². The highest BCUT2D eigenvalue weighted by molar-refractivity contribution is 7.13. The van der Waals surface area contributed by atoms with E-state index in [1.54, 1.807) is 0 Å². The van der Waals surface area contributed by atoms with E-state index in [0.29, 0.717) is 16.3 Å². The Labute approximate surface area is 117 Å². The highest BCUT2D eigenvalue weighted by Gasteiger charge is 2.27. The number of rotatable bonds is 4. The molecule has 0 fully saturated rings. The van der Waals surface area contributed by atoms with E-state index >= 15 is 0 Å². The number of hydrogen-bond acceptors (Lipinski definition) is 3. The Balaban J connectivity index is 2.82. The van der Waals surface area contributed by atoms with Crippen molar-refractivity contribution in [1.29, 1.82) is 0 Å². The van der Waals surface area contributed by atoms with Crippen molar-refractivity contribution in [3.8, 4) is 0 Å². The lowest BCUT2D eigenvalue weighted by atomic mass is 9.85. The third-order valence-corrected chi connectivity index (χ3v) is 4.57. The second-order valence-electron chi connectivity index (χ2n) is 5.47. The third-order valence-electron chi connectivity index (χ3n) is 2.87. The molecule has 1 amide bonds. The van der Waals surface area contributed by atoms with Gasteiger partial charge in [-0.3, -0.25) is 4.79 Å². The summed E-state index contributed by atoms with van der Waals surface area (Å²) in [5, 5.41) is 14.4. The second kappa shape index (κ2) is 6.04. The highest BCUT2D eigenvalue weighted by Crippen LogP contribution is 2.28. The number of hydrogen-bond donors (Lipinski definition) is 2. The van der Waals surface area contributed by atoms with Crippen LogP contribution in [0.15, 0.2) is 5.38 Å². The summed E-state index contributed by atoms with van der Waals surface area (Å²) < 4.78 is 0. The summed E-state index contributed by atoms with van der Waals surface area (Å²) in [5.74, 6) is -0.161. The fourth-order valence-corrected chi connectivity index (χ4v) is 2.84. The molecule has 3 nitrogen and oxygen atoms in total. The van der Waals surface area contributed by atoms with Crippen LogP contribution in [0.25, 0.3) is 0 Å². The molecule has 0 aliphatic carbocycles. The van der Waals surface area contributed by atoms with E-state index < -0.39 is 0 Å². The van der Waals surface area contributed by atoms with Crippen molar-refractivity contribution >= 4 is 28.8 Å². The Morgan fingerprint density at radius 2 is 2.17 bits per heavy atom. The van der Waals surface area contributed by atoms with Crippen molar-refractivity contribution in [2.24, 2.45) is 5.41 Å². The monoisotopic (exact) mass is 289 g/mol. The maximum absolute atomic E-state index is 12.1. The van der Waals surface area contributed by atoms with Gasteiger partial charge in [-0.05, 0) is 29.7 Å². The van der Waals surface area contributed by atoms with Gasteiger partial charge in [-0.2, -0.15) is 0 Å². The number of carbonyl (C=O) groups excluding carboxylic acids is 1. The van der Waals surface area contributed by atoms with E-state index in [-0.39, 0.29) is 24.0 Å². The molecule has 0 spiro atoms. The zero-order valence-electron chi connectivity index (χ0n) is 11.2. The Morgan fingerprint density at radius 1 is 1.56 bits per heavy atom. The Morgan fingerprint density at radius 3 is 2.56 bits per heavy atom. The standard InChI is InChI=1S/C13H20ClNO2S/c1-8-7-18-11(10(8)14)12(17)15-9(5-6-16)13(2,3)4/h7,9,16H,5-6H2,1-4H3,(H,15,17). The smallest absolute Gasteiger partial charge is 0.263 e. The van der Waals surface area contributed by atoms with E-state index in [4.69, 9.17) is 16.7 Å². The van der Waals surface area contributed by atoms with Crippen LogP contribution in [-0.2, 0) is 0 Å². The van der Waals surface area contributed by atoms with Gasteiger partial charge in [-0.1, -0.05) is 32.4 Å². The summed E-state index contributed by atoms with van der Waals surface area (Å²) in [7, 11) is 0. The number of carbonyl (C=O) groups is 1. The molecule has 2 N–H and O–H groups in total. The van der Waals surface area contributed by atoms with Gasteiger partial charge in [-0.25, -0.2) is 0 Å². The molecule has 102 valence electrons. The van der Waals surface area contributed by atoms with Gasteiger partial charge in [0, 0.05) is 12.6 Å². The van der Waals surface area contributed by atoms with Crippen LogP contribution in [-0.4, -0.2) is 23.7 Å². The van der Waals surface area contributed by atoms with Gasteiger partial charge in [0.25, 0.3) is 5.91 Å². The average molecular weight is 290 g/mol. The van der Waals surface area contributed by atoms with Crippen LogP contribution in [0, 0.1) is 12.3 Å². The molecule has 0 bridgehead atoms. The molecule has 1 atom stereocenters. The number of thiophene rings is 1. The maximum Gasteiger partial charge on any atom is 0.263 e. The summed E-state index contributed by atoms with van der Waals surface area (Å²) in [6.07, 6.45) is 0.539. The first-order chi connectivity index (χ1) is 8.27. The zero-order chi connectivity index (χ0) is 13.9. The lowest BCUT2D eigenvalue weighted by Gasteiger charge is -2.31. The molecule has 1 aromatic heterocycles. The van der Waals surface area contributed by atoms with Crippen molar-refractivity contribution in [2.75, 3.05) is 6.61 Å². The van der Waals surface area contributed by atoms with E-state index in [0.717, 1.165) is 5.56 Å². The first kappa shape index (κ1) is 15.5. The molecule has 5 heteroatoms. The molecule has 1 heterocycles. The molecular formula is C13H20ClNO2S. The third kappa shape index (κ3) is 3.70. The molecule has 0 aromatic carbocycles. The van der Waals surface area contributed by atoms with Crippen molar-refractivity contribution in [3.63, 3.8) is 0 Å². The molecule has 0 aliphatic heterocycles. The molecule has 0 saturated heterocycles. The minimum atomic E-state index is -0.161. The van der Waals surface area contributed by atoms with Gasteiger partial charge in [0.2, 0.25) is 0 Å². The number of amides is 1. The lowest BCUT2D eigenvalue weighted by molar-refractivity contribution is 0.0889. The van der Waals surface area contributed by atoms with Crippen molar-refractivity contribution in [2.45, 2.75) is 40.2 Å². The first-order valence-electron chi connectivity index (χ1n) is 5.92. The fourth-order valence-electron chi connectivity index (χ4n) is 1.66. The SMILES string of the molecule is Cc1csc(C(=O)NC(CCO)C(C)(C)C)c1Cl. The van der Waals surface area contributed by atoms with Gasteiger partial charge in [0.05, 0.1) is 5.02 Å². The second-order valence-corrected chi connectivity index (χ2v) is 6.72. The molecule has 0 aliphatic rings. The first-order valence-corrected chi connectivity index (χ1v) is 7.18. The molecule has 1 rings (SSSR count). The van der Waals surface area contributed by atoms with E-state index in [1.807, 2.05) is 33.1 Å². The quantitative estimate of drug-likeness (QED) is 0.894. The summed E-state index contributed by atoms with van der Waals surface area (Å²) in [5.41, 5.74) is 0.818. The fraction of sp³-hybridized carbons (Fsp3) is 0.615. The zero-order valence-corrected chi connectivity index (χ0v) is 12.8. The van der Waals surface area contributed by atoms with Crippen LogP contribution < -0.4 is 5.32 Å². The minimum absolute atomic E-state index is 0.0550. The number of nitrogens with one attached hydrogen (secondary N) is 1. The molecule has 1 unspecified atom stereocenters. The Hall–Kier alpha value is -0.580. The topological polar surface area (TPSA) is 49.3 Å². The van der Waals surface area contributed by atoms with Crippen LogP contribution in [0.1, 0.15) is 42.4 Å². The van der Waals surface area contributed by atoms with Crippen LogP contribution in [0.3, 0.4) is 0 Å². The Bertz CT molecular complexity index is 423. The predicted molar refractivity (Wildman–Crippen MR) is 76.5 cm³/mol. The molecule has 0 radical (unpaired) electrons. The lowest BCUT2D eigenvalue weighted by Crippen LogP contribution is -2.44. The van der Waals surface area contributed by atoms with Gasteiger partial charge in [0.1, 0.15) is 4.88 Å². The number of aryl methyl sites for hydroxylation is 1. The van der Waals surface area contributed by atoms with E-state index in [9.17, 15) is 4.79 Å². The molecule has 18 heavy (non-hydrogen) atoms. The number of aliphatic hydroxyl groups is 1. The van der Waals surface area contributed by atoms with Crippen LogP contribution in [0.5, 0.6) is 0 Å². The summed E-state index contributed by atoms with van der Waals surface area (Å²) in [6, 6.07) is -0.0755. The van der Waals surface area contributed by atoms with Crippen LogP contribution in [0.4, 0.5) is 0 Å². The van der Waals surface area contributed by atoms with E-state index in [2.05, 4.69) is 5.32 Å². The van der Waals surface area contributed by atoms with Gasteiger partial charge in [0.15, 0.2) is 0 Å². The van der Waals surface area contributed by atoms with Crippen LogP contribution >= 0.6 is 22.9 Å². The Kier molecular flexibility index (Phi) is 5.20. The summed E-state index contributed by atoms with van der Waals surface area (Å²) >= 11 is 7.43. The molecule has 0 saturated carbocycles. The van der Waals surface area contributed by atoms with Gasteiger partial charge < -0.3 is 10.4 Å². The van der Waals surface area contributed by atoms with Crippen molar-refractivity contribution < 1.29 is 9.90 Å². The number of halogens is 1. The maximum atomic E-state index is 12.1. The highest BCUT2D eigenvalue weighted by atomic mass is 35.5. The minimum Gasteiger partial charge on any atom is -0.396 e. The number of aliphatic hydroxyl groups excluding tert-OH is 1. The normalized spacial score (nSPS) is 13.4. The average Bonchev–Trinajstić information content (AvgIpc) is 2.58. The van der Waals surface area contributed by atoms with Gasteiger partial charge in [-0.15, -0.1) is 11.3 Å². The van der Waals surface area contributed by atoms with Crippen molar-refractivity contribution in [3.05, 3.63) is 20.8 Å². The van der Waals surface area contributed by atoms with Gasteiger partial charge >= 0.3 is 0 Å². The molecular weight excluding hydrogens is 270 g/mol. The summed E-state index contributed by atoms with van der Waals surface area (Å²) in [6.45, 7) is 8.04. The molecule has 1 aromatic rings. The van der Waals surface area contributed by atoms with Crippen molar-refractivity contribution in [1.82, 2.24) is 5.32 Å².